The molecule has 0 saturated carbocycles. The maximum atomic E-state index is 13.1. The fourth-order valence-corrected chi connectivity index (χ4v) is 7.60. The lowest BCUT2D eigenvalue weighted by atomic mass is 9.72. The number of H-pyrrole nitrogens is 1. The lowest BCUT2D eigenvalue weighted by Gasteiger charge is -2.28. The van der Waals surface area contributed by atoms with Crippen molar-refractivity contribution in [3.05, 3.63) is 95.3 Å². The van der Waals surface area contributed by atoms with Crippen molar-refractivity contribution in [1.29, 1.82) is 0 Å². The van der Waals surface area contributed by atoms with Crippen molar-refractivity contribution < 1.29 is 18.4 Å². The van der Waals surface area contributed by atoms with E-state index in [1.54, 1.807) is 6.20 Å². The number of para-hydroxylation sites is 1. The minimum atomic E-state index is -0.939. The molecule has 4 atom stereocenters. The topological polar surface area (TPSA) is 144 Å². The summed E-state index contributed by atoms with van der Waals surface area (Å²) in [6.07, 6.45) is 3.99. The smallest absolute Gasteiger partial charge is 0.249 e. The summed E-state index contributed by atoms with van der Waals surface area (Å²) < 4.78 is 20.1. The van der Waals surface area contributed by atoms with E-state index in [0.29, 0.717) is 41.8 Å². The number of carbonyl (C=O) groups excluding carboxylic acids is 1. The van der Waals surface area contributed by atoms with Crippen LogP contribution in [0, 0.1) is 0 Å². The summed E-state index contributed by atoms with van der Waals surface area (Å²) in [6.45, 7) is 1.83. The SMILES string of the molecule is CC(N)C1NC(=O)CCc2ccc3c(c2)C24c5cccc(c5NC2O3)-c2cccc3[nH]cc(c23)-c2cnc(o2)-c2nc1oc24. The molecule has 1 amide bonds. The molecule has 4 aliphatic rings. The Balaban J connectivity index is 1.39. The molecule has 6 aromatic rings. The van der Waals surface area contributed by atoms with Crippen LogP contribution in [0.4, 0.5) is 5.69 Å². The Bertz CT molecular complexity index is 2210. The largest absolute Gasteiger partial charge is 0.469 e. The third kappa shape index (κ3) is 2.90. The zero-order valence-corrected chi connectivity index (χ0v) is 23.6. The summed E-state index contributed by atoms with van der Waals surface area (Å²) in [5.41, 5.74) is 13.9. The van der Waals surface area contributed by atoms with Crippen LogP contribution in [-0.2, 0) is 16.6 Å². The van der Waals surface area contributed by atoms with Gasteiger partial charge in [0.2, 0.25) is 17.7 Å². The van der Waals surface area contributed by atoms with Crippen LogP contribution in [0.25, 0.3) is 44.9 Å². The molecule has 10 nitrogen and oxygen atoms in total. The highest BCUT2D eigenvalue weighted by Crippen LogP contribution is 2.61. The summed E-state index contributed by atoms with van der Waals surface area (Å²) in [5.74, 6) is 2.35. The minimum absolute atomic E-state index is 0.130. The molecule has 0 saturated heterocycles. The molecule has 10 bridgehead atoms. The number of carbonyl (C=O) groups is 1. The zero-order valence-electron chi connectivity index (χ0n) is 23.6. The average Bonchev–Trinajstić information content (AvgIpc) is 3.83. The van der Waals surface area contributed by atoms with Crippen LogP contribution in [0.5, 0.6) is 5.75 Å². The number of fused-ring (bicyclic) bond motifs is 7. The Morgan fingerprint density at radius 1 is 1.00 bits per heavy atom. The van der Waals surface area contributed by atoms with Crippen LogP contribution >= 0.6 is 0 Å². The van der Waals surface area contributed by atoms with Crippen molar-refractivity contribution in [3.8, 4) is 39.8 Å². The summed E-state index contributed by atoms with van der Waals surface area (Å²) in [6, 6.07) is 17.6. The van der Waals surface area contributed by atoms with Crippen molar-refractivity contribution in [1.82, 2.24) is 20.3 Å². The van der Waals surface area contributed by atoms with Crippen LogP contribution < -0.4 is 21.1 Å². The van der Waals surface area contributed by atoms with E-state index in [9.17, 15) is 4.79 Å². The number of aryl methyl sites for hydroxylation is 1. The Kier molecular flexibility index (Phi) is 4.48. The van der Waals surface area contributed by atoms with Gasteiger partial charge in [-0.05, 0) is 36.6 Å². The van der Waals surface area contributed by atoms with Crippen LogP contribution in [0.1, 0.15) is 47.7 Å². The Hall–Kier alpha value is -5.35. The van der Waals surface area contributed by atoms with E-state index in [-0.39, 0.29) is 5.91 Å². The molecule has 0 radical (unpaired) electrons. The number of aromatic nitrogens is 3. The highest BCUT2D eigenvalue weighted by molar-refractivity contribution is 6.07. The van der Waals surface area contributed by atoms with Gasteiger partial charge in [0, 0.05) is 57.5 Å². The predicted molar refractivity (Wildman–Crippen MR) is 162 cm³/mol. The summed E-state index contributed by atoms with van der Waals surface area (Å²) in [5, 5.41) is 7.87. The van der Waals surface area contributed by atoms with E-state index in [4.69, 9.17) is 29.3 Å². The van der Waals surface area contributed by atoms with Gasteiger partial charge in [0.15, 0.2) is 23.4 Å². The van der Waals surface area contributed by atoms with E-state index in [0.717, 1.165) is 55.7 Å². The van der Waals surface area contributed by atoms with Crippen molar-refractivity contribution in [2.45, 2.75) is 43.5 Å². The highest BCUT2D eigenvalue weighted by Gasteiger charge is 2.61. The fourth-order valence-electron chi connectivity index (χ4n) is 7.60. The van der Waals surface area contributed by atoms with Gasteiger partial charge >= 0.3 is 0 Å². The average molecular weight is 583 g/mol. The number of rotatable bonds is 1. The summed E-state index contributed by atoms with van der Waals surface area (Å²) >= 11 is 0. The van der Waals surface area contributed by atoms with Crippen molar-refractivity contribution in [3.63, 3.8) is 0 Å². The molecule has 10 rings (SSSR count). The van der Waals surface area contributed by atoms with Crippen molar-refractivity contribution in [2.24, 2.45) is 5.73 Å². The molecule has 44 heavy (non-hydrogen) atoms. The Morgan fingerprint density at radius 3 is 2.80 bits per heavy atom. The normalized spacial score (nSPS) is 22.7. The molecule has 1 spiro atoms. The number of hydrogen-bond donors (Lipinski definition) is 4. The number of hydrogen-bond acceptors (Lipinski definition) is 8. The number of amides is 1. The molecule has 0 fully saturated rings. The fraction of sp³-hybridized carbons (Fsp3) is 0.206. The van der Waals surface area contributed by atoms with Gasteiger partial charge in [0.05, 0.1) is 6.20 Å². The van der Waals surface area contributed by atoms with Gasteiger partial charge in [-0.1, -0.05) is 42.5 Å². The lowest BCUT2D eigenvalue weighted by molar-refractivity contribution is -0.122. The standard InChI is InChI=1S/C34H26N6O4/c1-15(35)27-32-39-29-30(44-32)34-20-6-2-5-18(17-4-3-7-22-26(17)19(13-36-22)24-14-37-31(29)42-24)28(20)40-33(34)43-23-10-8-16(12-21(23)34)9-11-25(41)38-27/h2-8,10,12-15,27,33,36,40H,9,11,35H2,1H3,(H,38,41). The first-order valence-corrected chi connectivity index (χ1v) is 14.8. The number of nitrogens with two attached hydrogens (primary N) is 1. The van der Waals surface area contributed by atoms with Gasteiger partial charge in [0.1, 0.15) is 17.2 Å². The first-order chi connectivity index (χ1) is 21.5. The zero-order chi connectivity index (χ0) is 29.3. The minimum Gasteiger partial charge on any atom is -0.469 e. The van der Waals surface area contributed by atoms with Crippen LogP contribution in [0.3, 0.4) is 0 Å². The van der Waals surface area contributed by atoms with Crippen molar-refractivity contribution in [2.75, 3.05) is 5.32 Å². The number of oxazole rings is 2. The Labute approximate surface area is 250 Å². The van der Waals surface area contributed by atoms with E-state index in [1.165, 1.54) is 0 Å². The molecule has 4 aliphatic heterocycles. The number of nitrogens with one attached hydrogen (secondary N) is 3. The number of nitrogens with zero attached hydrogens (tertiary/aromatic N) is 2. The number of anilines is 1. The lowest BCUT2D eigenvalue weighted by Crippen LogP contribution is -2.40. The quantitative estimate of drug-likeness (QED) is 0.202. The number of aromatic amines is 1. The number of ether oxygens (including phenoxy) is 1. The van der Waals surface area contributed by atoms with Crippen LogP contribution in [-0.4, -0.2) is 33.1 Å². The number of benzene rings is 3. The molecule has 4 unspecified atom stereocenters. The molecule has 3 aromatic carbocycles. The molecule has 0 aliphatic carbocycles. The molecule has 3 aromatic heterocycles. The summed E-state index contributed by atoms with van der Waals surface area (Å²) in [4.78, 5) is 26.3. The second kappa shape index (κ2) is 8.18. The van der Waals surface area contributed by atoms with Gasteiger partial charge in [-0.25, -0.2) is 9.97 Å². The maximum Gasteiger partial charge on any atom is 0.249 e. The van der Waals surface area contributed by atoms with E-state index in [1.807, 2.05) is 25.3 Å². The molecule has 7 heterocycles. The van der Waals surface area contributed by atoms with E-state index >= 15 is 0 Å². The summed E-state index contributed by atoms with van der Waals surface area (Å²) in [7, 11) is 0. The third-order valence-corrected chi connectivity index (χ3v) is 9.59. The monoisotopic (exact) mass is 582 g/mol. The third-order valence-electron chi connectivity index (χ3n) is 9.59. The molecular formula is C34H26N6O4. The molecular weight excluding hydrogens is 556 g/mol. The van der Waals surface area contributed by atoms with Gasteiger partial charge in [-0.2, -0.15) is 0 Å². The van der Waals surface area contributed by atoms with Gasteiger partial charge in [-0.3, -0.25) is 4.79 Å². The second-order valence-corrected chi connectivity index (χ2v) is 12.1. The molecule has 216 valence electrons. The first-order valence-electron chi connectivity index (χ1n) is 14.8. The van der Waals surface area contributed by atoms with E-state index < -0.39 is 23.7 Å². The maximum absolute atomic E-state index is 13.1. The molecule has 5 N–H and O–H groups in total. The predicted octanol–water partition coefficient (Wildman–Crippen LogP) is 5.39. The van der Waals surface area contributed by atoms with E-state index in [2.05, 4.69) is 58.1 Å². The first kappa shape index (κ1) is 24.1. The van der Waals surface area contributed by atoms with Gasteiger partial charge in [-0.15, -0.1) is 0 Å². The Morgan fingerprint density at radius 2 is 1.89 bits per heavy atom. The van der Waals surface area contributed by atoms with Crippen molar-refractivity contribution >= 4 is 22.5 Å². The highest BCUT2D eigenvalue weighted by atomic mass is 16.5. The van der Waals surface area contributed by atoms with Crippen LogP contribution in [0.15, 0.2) is 75.8 Å². The second-order valence-electron chi connectivity index (χ2n) is 12.1. The molecule has 10 heteroatoms. The van der Waals surface area contributed by atoms with Crippen LogP contribution in [0.2, 0.25) is 0 Å². The van der Waals surface area contributed by atoms with Gasteiger partial charge < -0.3 is 34.9 Å². The van der Waals surface area contributed by atoms with Gasteiger partial charge in [0.25, 0.3) is 0 Å².